The first kappa shape index (κ1) is 18.5. The molecule has 2 atom stereocenters. The van der Waals surface area contributed by atoms with Crippen molar-refractivity contribution < 1.29 is 4.79 Å². The van der Waals surface area contributed by atoms with Crippen molar-refractivity contribution in [1.82, 2.24) is 25.1 Å². The first-order chi connectivity index (χ1) is 12.3. The number of aryl methyl sites for hydroxylation is 3. The molecule has 1 aliphatic rings. The Labute approximate surface area is 155 Å². The molecule has 1 fully saturated rings. The van der Waals surface area contributed by atoms with E-state index in [-0.39, 0.29) is 5.91 Å². The van der Waals surface area contributed by atoms with E-state index < -0.39 is 0 Å². The van der Waals surface area contributed by atoms with Gasteiger partial charge in [-0.05, 0) is 52.5 Å². The monoisotopic (exact) mass is 355 g/mol. The number of nitrogens with one attached hydrogen (secondary N) is 1. The van der Waals surface area contributed by atoms with Crippen molar-refractivity contribution in [2.45, 2.75) is 72.8 Å². The van der Waals surface area contributed by atoms with E-state index in [0.717, 1.165) is 41.2 Å². The largest absolute Gasteiger partial charge is 0.353 e. The van der Waals surface area contributed by atoms with Crippen LogP contribution in [0.3, 0.4) is 0 Å². The van der Waals surface area contributed by atoms with Gasteiger partial charge in [-0.1, -0.05) is 19.8 Å². The Hall–Kier alpha value is -2.24. The van der Waals surface area contributed by atoms with Gasteiger partial charge in [-0.2, -0.15) is 5.10 Å². The smallest absolute Gasteiger partial charge is 0.251 e. The first-order valence-electron chi connectivity index (χ1n) is 9.50. The second-order valence-corrected chi connectivity index (χ2v) is 7.72. The lowest BCUT2D eigenvalue weighted by atomic mass is 9.87. The van der Waals surface area contributed by atoms with E-state index in [1.165, 1.54) is 12.8 Å². The third-order valence-corrected chi connectivity index (χ3v) is 5.24. The standard InChI is InChI=1S/C20H29N5O/c1-12-7-6-8-17(9-12)23-19(26)11-18-15(4)24-25(16(18)5)20-21-13(2)10-14(3)22-20/h10,12,17H,6-9,11H2,1-5H3,(H,23,26). The molecule has 0 bridgehead atoms. The van der Waals surface area contributed by atoms with Crippen molar-refractivity contribution in [2.24, 2.45) is 5.92 Å². The zero-order valence-corrected chi connectivity index (χ0v) is 16.5. The zero-order valence-electron chi connectivity index (χ0n) is 16.5. The number of aromatic nitrogens is 4. The lowest BCUT2D eigenvalue weighted by Crippen LogP contribution is -2.38. The summed E-state index contributed by atoms with van der Waals surface area (Å²) in [4.78, 5) is 21.5. The second kappa shape index (κ2) is 7.56. The van der Waals surface area contributed by atoms with E-state index in [1.54, 1.807) is 4.68 Å². The third-order valence-electron chi connectivity index (χ3n) is 5.24. The summed E-state index contributed by atoms with van der Waals surface area (Å²) < 4.78 is 1.75. The molecule has 1 aliphatic carbocycles. The van der Waals surface area contributed by atoms with E-state index in [1.807, 2.05) is 33.8 Å². The number of hydrogen-bond acceptors (Lipinski definition) is 4. The van der Waals surface area contributed by atoms with Crippen molar-refractivity contribution in [1.29, 1.82) is 0 Å². The van der Waals surface area contributed by atoms with Gasteiger partial charge in [0.2, 0.25) is 5.91 Å². The summed E-state index contributed by atoms with van der Waals surface area (Å²) in [5.41, 5.74) is 4.57. The van der Waals surface area contributed by atoms with Crippen LogP contribution in [-0.2, 0) is 11.2 Å². The summed E-state index contributed by atoms with van der Waals surface area (Å²) >= 11 is 0. The lowest BCUT2D eigenvalue weighted by Gasteiger charge is -2.27. The molecule has 1 amide bonds. The van der Waals surface area contributed by atoms with Crippen LogP contribution in [0.2, 0.25) is 0 Å². The number of amides is 1. The molecule has 0 aromatic carbocycles. The third kappa shape index (κ3) is 4.11. The van der Waals surface area contributed by atoms with Gasteiger partial charge in [0, 0.05) is 28.7 Å². The van der Waals surface area contributed by atoms with E-state index in [9.17, 15) is 4.79 Å². The average molecular weight is 355 g/mol. The quantitative estimate of drug-likeness (QED) is 0.914. The summed E-state index contributed by atoms with van der Waals surface area (Å²) in [5.74, 6) is 1.34. The molecule has 1 saturated carbocycles. The van der Waals surface area contributed by atoms with E-state index in [2.05, 4.69) is 27.3 Å². The van der Waals surface area contributed by atoms with Crippen LogP contribution in [0.1, 0.15) is 60.9 Å². The molecule has 3 rings (SSSR count). The van der Waals surface area contributed by atoms with Gasteiger partial charge < -0.3 is 5.32 Å². The van der Waals surface area contributed by atoms with Crippen LogP contribution in [0, 0.1) is 33.6 Å². The number of rotatable bonds is 4. The van der Waals surface area contributed by atoms with Crippen LogP contribution in [0.25, 0.3) is 5.95 Å². The fraction of sp³-hybridized carbons (Fsp3) is 0.600. The molecule has 6 heteroatoms. The Bertz CT molecular complexity index is 791. The Balaban J connectivity index is 1.76. The SMILES string of the molecule is Cc1cc(C)nc(-n2nc(C)c(CC(=O)NC3CCCC(C)C3)c2C)n1. The average Bonchev–Trinajstić information content (AvgIpc) is 2.82. The fourth-order valence-electron chi connectivity index (χ4n) is 3.93. The van der Waals surface area contributed by atoms with Crippen LogP contribution in [0.15, 0.2) is 6.07 Å². The van der Waals surface area contributed by atoms with Crippen molar-refractivity contribution in [3.05, 3.63) is 34.4 Å². The summed E-state index contributed by atoms with van der Waals surface area (Å²) in [6.07, 6.45) is 5.00. The molecule has 2 aromatic rings. The lowest BCUT2D eigenvalue weighted by molar-refractivity contribution is -0.121. The molecule has 0 radical (unpaired) electrons. The van der Waals surface area contributed by atoms with Gasteiger partial charge in [0.05, 0.1) is 12.1 Å². The predicted molar refractivity (Wildman–Crippen MR) is 101 cm³/mol. The van der Waals surface area contributed by atoms with Crippen LogP contribution < -0.4 is 5.32 Å². The summed E-state index contributed by atoms with van der Waals surface area (Å²) in [5, 5.41) is 7.80. The van der Waals surface area contributed by atoms with Crippen molar-refractivity contribution >= 4 is 5.91 Å². The van der Waals surface area contributed by atoms with E-state index in [4.69, 9.17) is 0 Å². The zero-order chi connectivity index (χ0) is 18.8. The van der Waals surface area contributed by atoms with Gasteiger partial charge in [-0.3, -0.25) is 4.79 Å². The minimum Gasteiger partial charge on any atom is -0.353 e. The fourth-order valence-corrected chi connectivity index (χ4v) is 3.93. The van der Waals surface area contributed by atoms with Gasteiger partial charge in [-0.25, -0.2) is 14.6 Å². The van der Waals surface area contributed by atoms with Crippen molar-refractivity contribution in [3.8, 4) is 5.95 Å². The highest BCUT2D eigenvalue weighted by Gasteiger charge is 2.22. The molecule has 0 saturated heterocycles. The highest BCUT2D eigenvalue weighted by atomic mass is 16.1. The van der Waals surface area contributed by atoms with Gasteiger partial charge in [0.15, 0.2) is 0 Å². The van der Waals surface area contributed by atoms with Gasteiger partial charge in [0.25, 0.3) is 5.95 Å². The Morgan fingerprint density at radius 3 is 2.54 bits per heavy atom. The number of carbonyl (C=O) groups is 1. The second-order valence-electron chi connectivity index (χ2n) is 7.72. The predicted octanol–water partition coefficient (Wildman–Crippen LogP) is 3.13. The maximum Gasteiger partial charge on any atom is 0.251 e. The summed E-state index contributed by atoms with van der Waals surface area (Å²) in [6.45, 7) is 10.1. The van der Waals surface area contributed by atoms with E-state index in [0.29, 0.717) is 24.3 Å². The molecule has 2 unspecified atom stereocenters. The molecule has 140 valence electrons. The molecule has 6 nitrogen and oxygen atoms in total. The molecule has 0 spiro atoms. The maximum atomic E-state index is 12.6. The maximum absolute atomic E-state index is 12.6. The minimum atomic E-state index is 0.0798. The van der Waals surface area contributed by atoms with Crippen molar-refractivity contribution in [2.75, 3.05) is 0 Å². The van der Waals surface area contributed by atoms with Crippen LogP contribution >= 0.6 is 0 Å². The molecule has 2 aromatic heterocycles. The topological polar surface area (TPSA) is 72.7 Å². The molecule has 2 heterocycles. The van der Waals surface area contributed by atoms with Gasteiger partial charge in [-0.15, -0.1) is 0 Å². The highest BCUT2D eigenvalue weighted by molar-refractivity contribution is 5.79. The van der Waals surface area contributed by atoms with Crippen LogP contribution in [-0.4, -0.2) is 31.7 Å². The number of hydrogen-bond donors (Lipinski definition) is 1. The molecule has 0 aliphatic heterocycles. The van der Waals surface area contributed by atoms with E-state index >= 15 is 0 Å². The normalized spacial score (nSPS) is 20.2. The molecular weight excluding hydrogens is 326 g/mol. The van der Waals surface area contributed by atoms with Gasteiger partial charge in [0.1, 0.15) is 0 Å². The first-order valence-corrected chi connectivity index (χ1v) is 9.50. The van der Waals surface area contributed by atoms with Crippen LogP contribution in [0.5, 0.6) is 0 Å². The van der Waals surface area contributed by atoms with Crippen LogP contribution in [0.4, 0.5) is 0 Å². The Kier molecular flexibility index (Phi) is 5.39. The summed E-state index contributed by atoms with van der Waals surface area (Å²) in [7, 11) is 0. The molecule has 26 heavy (non-hydrogen) atoms. The number of nitrogens with zero attached hydrogens (tertiary/aromatic N) is 4. The molecule has 1 N–H and O–H groups in total. The summed E-state index contributed by atoms with van der Waals surface area (Å²) in [6, 6.07) is 2.25. The molecular formula is C20H29N5O. The minimum absolute atomic E-state index is 0.0798. The highest BCUT2D eigenvalue weighted by Crippen LogP contribution is 2.24. The van der Waals surface area contributed by atoms with Crippen molar-refractivity contribution in [3.63, 3.8) is 0 Å². The Morgan fingerprint density at radius 2 is 1.88 bits per heavy atom. The number of carbonyl (C=O) groups excluding carboxylic acids is 1. The Morgan fingerprint density at radius 1 is 1.19 bits per heavy atom. The van der Waals surface area contributed by atoms with Gasteiger partial charge >= 0.3 is 0 Å².